The van der Waals surface area contributed by atoms with Gasteiger partial charge in [0.05, 0.1) is 0 Å². The molecule has 102 valence electrons. The van der Waals surface area contributed by atoms with Crippen LogP contribution in [0.5, 0.6) is 0 Å². The normalized spacial score (nSPS) is 18.1. The first kappa shape index (κ1) is 14.3. The van der Waals surface area contributed by atoms with Gasteiger partial charge in [0, 0.05) is 5.92 Å². The Bertz CT molecular complexity index is 568. The third-order valence-electron chi connectivity index (χ3n) is 3.42. The number of allylic oxidation sites excluding steroid dienone is 9. The molecule has 0 nitrogen and oxygen atoms in total. The molecule has 0 amide bonds. The van der Waals surface area contributed by atoms with Crippen molar-refractivity contribution in [2.75, 3.05) is 0 Å². The summed E-state index contributed by atoms with van der Waals surface area (Å²) in [6, 6.07) is 6.91. The molecule has 1 unspecified atom stereocenters. The number of hydrogen-bond acceptors (Lipinski definition) is 0. The molecule has 0 bridgehead atoms. The van der Waals surface area contributed by atoms with E-state index in [0.29, 0.717) is 5.92 Å². The Morgan fingerprint density at radius 1 is 1.15 bits per heavy atom. The van der Waals surface area contributed by atoms with Gasteiger partial charge in [-0.05, 0) is 30.9 Å². The van der Waals surface area contributed by atoms with Crippen LogP contribution >= 0.6 is 0 Å². The van der Waals surface area contributed by atoms with Gasteiger partial charge in [-0.3, -0.25) is 0 Å². The number of benzene rings is 1. The molecule has 0 aromatic heterocycles. The SMILES string of the molecule is C=C/C=C\C=C/Cc1cc(C)cc(C2C=CC=CC2)c1. The van der Waals surface area contributed by atoms with E-state index in [0.717, 1.165) is 12.8 Å². The minimum absolute atomic E-state index is 0.531. The van der Waals surface area contributed by atoms with Gasteiger partial charge in [-0.15, -0.1) is 0 Å². The van der Waals surface area contributed by atoms with Gasteiger partial charge in [-0.1, -0.05) is 85.0 Å². The Balaban J connectivity index is 2.10. The lowest BCUT2D eigenvalue weighted by Gasteiger charge is -2.15. The summed E-state index contributed by atoms with van der Waals surface area (Å²) in [5.41, 5.74) is 4.15. The molecule has 0 heteroatoms. The van der Waals surface area contributed by atoms with Crippen LogP contribution in [0.3, 0.4) is 0 Å². The zero-order valence-corrected chi connectivity index (χ0v) is 12.1. The van der Waals surface area contributed by atoms with Crippen molar-refractivity contribution in [1.29, 1.82) is 0 Å². The van der Waals surface area contributed by atoms with Crippen LogP contribution in [0.1, 0.15) is 29.0 Å². The summed E-state index contributed by atoms with van der Waals surface area (Å²) in [4.78, 5) is 0. The average Bonchev–Trinajstić information content (AvgIpc) is 2.47. The van der Waals surface area contributed by atoms with Gasteiger partial charge in [0.15, 0.2) is 0 Å². The Morgan fingerprint density at radius 2 is 2.05 bits per heavy atom. The molecule has 0 radical (unpaired) electrons. The highest BCUT2D eigenvalue weighted by Crippen LogP contribution is 2.26. The maximum Gasteiger partial charge on any atom is 0.00559 e. The van der Waals surface area contributed by atoms with Crippen molar-refractivity contribution in [3.05, 3.63) is 96.2 Å². The topological polar surface area (TPSA) is 0 Å². The van der Waals surface area contributed by atoms with E-state index in [1.165, 1.54) is 16.7 Å². The van der Waals surface area contributed by atoms with Gasteiger partial charge < -0.3 is 0 Å². The van der Waals surface area contributed by atoms with Gasteiger partial charge in [0.25, 0.3) is 0 Å². The molecule has 0 N–H and O–H groups in total. The Labute approximate surface area is 122 Å². The fraction of sp³-hybridized carbons (Fsp3) is 0.200. The lowest BCUT2D eigenvalue weighted by atomic mass is 9.90. The molecule has 1 atom stereocenters. The second-order valence-electron chi connectivity index (χ2n) is 5.16. The van der Waals surface area contributed by atoms with Crippen LogP contribution in [-0.2, 0) is 6.42 Å². The molecule has 0 saturated carbocycles. The van der Waals surface area contributed by atoms with Crippen molar-refractivity contribution in [3.8, 4) is 0 Å². The number of aryl methyl sites for hydroxylation is 1. The second-order valence-corrected chi connectivity index (χ2v) is 5.16. The van der Waals surface area contributed by atoms with E-state index in [1.54, 1.807) is 6.08 Å². The third kappa shape index (κ3) is 4.24. The first-order valence-electron chi connectivity index (χ1n) is 7.17. The summed E-state index contributed by atoms with van der Waals surface area (Å²) < 4.78 is 0. The highest BCUT2D eigenvalue weighted by atomic mass is 14.1. The molecule has 0 fully saturated rings. The Kier molecular flexibility index (Phi) is 5.37. The van der Waals surface area contributed by atoms with Gasteiger partial charge in [0.1, 0.15) is 0 Å². The highest BCUT2D eigenvalue weighted by Gasteiger charge is 2.09. The van der Waals surface area contributed by atoms with Crippen LogP contribution in [0, 0.1) is 6.92 Å². The average molecular weight is 262 g/mol. The summed E-state index contributed by atoms with van der Waals surface area (Å²) in [5.74, 6) is 0.531. The van der Waals surface area contributed by atoms with Crippen LogP contribution in [0.2, 0.25) is 0 Å². The molecule has 0 aliphatic heterocycles. The van der Waals surface area contributed by atoms with Crippen molar-refractivity contribution >= 4 is 0 Å². The summed E-state index contributed by atoms with van der Waals surface area (Å²) in [7, 11) is 0. The maximum atomic E-state index is 3.66. The van der Waals surface area contributed by atoms with Gasteiger partial charge in [-0.2, -0.15) is 0 Å². The summed E-state index contributed by atoms with van der Waals surface area (Å²) in [6.45, 7) is 5.84. The summed E-state index contributed by atoms with van der Waals surface area (Å²) in [6.07, 6.45) is 20.9. The lowest BCUT2D eigenvalue weighted by molar-refractivity contribution is 0.849. The standard InChI is InChI=1S/C20H22/c1-3-4-5-6-8-11-18-14-17(2)15-20(16-18)19-12-9-7-10-13-19/h3-10,12,14-16,19H,1,11,13H2,2H3/b5-4-,8-6-. The van der Waals surface area contributed by atoms with E-state index in [1.807, 2.05) is 12.2 Å². The fourth-order valence-corrected chi connectivity index (χ4v) is 2.48. The van der Waals surface area contributed by atoms with Crippen LogP contribution in [0.15, 0.2) is 79.5 Å². The van der Waals surface area contributed by atoms with Crippen LogP contribution in [-0.4, -0.2) is 0 Å². The van der Waals surface area contributed by atoms with Crippen molar-refractivity contribution in [2.45, 2.75) is 25.7 Å². The molecule has 20 heavy (non-hydrogen) atoms. The Morgan fingerprint density at radius 3 is 2.80 bits per heavy atom. The van der Waals surface area contributed by atoms with Gasteiger partial charge in [-0.25, -0.2) is 0 Å². The minimum atomic E-state index is 0.531. The lowest BCUT2D eigenvalue weighted by Crippen LogP contribution is -1.98. The van der Waals surface area contributed by atoms with E-state index in [9.17, 15) is 0 Å². The zero-order chi connectivity index (χ0) is 14.2. The fourth-order valence-electron chi connectivity index (χ4n) is 2.48. The van der Waals surface area contributed by atoms with E-state index in [2.05, 4.69) is 68.2 Å². The quantitative estimate of drug-likeness (QED) is 0.620. The maximum absolute atomic E-state index is 3.66. The Hall–Kier alpha value is -2.08. The van der Waals surface area contributed by atoms with Crippen molar-refractivity contribution < 1.29 is 0 Å². The highest BCUT2D eigenvalue weighted by molar-refractivity contribution is 5.36. The predicted molar refractivity (Wildman–Crippen MR) is 89.0 cm³/mol. The van der Waals surface area contributed by atoms with E-state index >= 15 is 0 Å². The summed E-state index contributed by atoms with van der Waals surface area (Å²) in [5, 5.41) is 0. The third-order valence-corrected chi connectivity index (χ3v) is 3.42. The van der Waals surface area contributed by atoms with Crippen LogP contribution in [0.4, 0.5) is 0 Å². The first-order chi connectivity index (χ1) is 9.79. The molecule has 0 saturated heterocycles. The largest absolute Gasteiger partial charge is 0.0991 e. The molecule has 2 rings (SSSR count). The van der Waals surface area contributed by atoms with Crippen molar-refractivity contribution in [2.24, 2.45) is 0 Å². The van der Waals surface area contributed by atoms with Crippen LogP contribution < -0.4 is 0 Å². The molecular weight excluding hydrogens is 240 g/mol. The number of rotatable bonds is 5. The van der Waals surface area contributed by atoms with Gasteiger partial charge in [0.2, 0.25) is 0 Å². The predicted octanol–water partition coefficient (Wildman–Crippen LogP) is 5.44. The number of hydrogen-bond donors (Lipinski definition) is 0. The van der Waals surface area contributed by atoms with Crippen LogP contribution in [0.25, 0.3) is 0 Å². The molecular formula is C20H22. The van der Waals surface area contributed by atoms with E-state index < -0.39 is 0 Å². The first-order valence-corrected chi connectivity index (χ1v) is 7.17. The molecule has 0 spiro atoms. The molecule has 0 heterocycles. The summed E-state index contributed by atoms with van der Waals surface area (Å²) >= 11 is 0. The monoisotopic (exact) mass is 262 g/mol. The van der Waals surface area contributed by atoms with Crippen molar-refractivity contribution in [3.63, 3.8) is 0 Å². The van der Waals surface area contributed by atoms with E-state index in [-0.39, 0.29) is 0 Å². The molecule has 1 aliphatic rings. The zero-order valence-electron chi connectivity index (χ0n) is 12.1. The smallest absolute Gasteiger partial charge is 0.00559 e. The molecule has 1 aromatic rings. The molecule has 1 aliphatic carbocycles. The molecule has 1 aromatic carbocycles. The van der Waals surface area contributed by atoms with E-state index in [4.69, 9.17) is 0 Å². The van der Waals surface area contributed by atoms with Gasteiger partial charge >= 0.3 is 0 Å². The van der Waals surface area contributed by atoms with Crippen molar-refractivity contribution in [1.82, 2.24) is 0 Å². The minimum Gasteiger partial charge on any atom is -0.0991 e. The second kappa shape index (κ2) is 7.49.